The van der Waals surface area contributed by atoms with E-state index in [2.05, 4.69) is 24.1 Å². The summed E-state index contributed by atoms with van der Waals surface area (Å²) in [6.07, 6.45) is -4.26. The van der Waals surface area contributed by atoms with Crippen LogP contribution in [0.2, 0.25) is 0 Å². The molecule has 31 heavy (non-hydrogen) atoms. The Kier molecular flexibility index (Phi) is 11.7. The minimum absolute atomic E-state index is 0. The number of hydrogen-bond acceptors (Lipinski definition) is 13. The molecule has 3 heterocycles. The maximum absolute atomic E-state index is 11.4. The molecule has 21 heteroatoms. The third kappa shape index (κ3) is 7.03. The molecule has 0 saturated carbocycles. The number of aromatic nitrogens is 2. The molecule has 3 rings (SSSR count). The SMILES string of the molecule is Nc1ncnc2c1NCN2[C@@H]1O[C@H](COP(=O)(O)OP(=O)([O-])O)[C@@H](O)[C@H]1O.[Be+2].[F-].[F-].[F-]. The largest absolute Gasteiger partial charge is 2.00 e. The molecule has 1 fully saturated rings. The van der Waals surface area contributed by atoms with Gasteiger partial charge in [-0.15, -0.1) is 0 Å². The average molecular weight is 494 g/mol. The number of aliphatic hydroxyl groups excluding tert-OH is 2. The third-order valence-corrected chi connectivity index (χ3v) is 5.93. The maximum atomic E-state index is 11.4. The van der Waals surface area contributed by atoms with Crippen LogP contribution < -0.4 is 35.0 Å². The van der Waals surface area contributed by atoms with Crippen LogP contribution in [-0.2, 0) is 22.7 Å². The zero-order valence-corrected chi connectivity index (χ0v) is 17.0. The van der Waals surface area contributed by atoms with Gasteiger partial charge in [-0.25, -0.2) is 18.8 Å². The number of phosphoric ester groups is 1. The fourth-order valence-electron chi connectivity index (χ4n) is 2.67. The zero-order valence-electron chi connectivity index (χ0n) is 15.2. The summed E-state index contributed by atoms with van der Waals surface area (Å²) in [4.78, 5) is 37.5. The number of halogens is 3. The summed E-state index contributed by atoms with van der Waals surface area (Å²) in [7, 11) is -10.7. The van der Waals surface area contributed by atoms with Crippen LogP contribution in [0, 0.1) is 0 Å². The van der Waals surface area contributed by atoms with Gasteiger partial charge in [-0.3, -0.25) is 9.09 Å². The number of nitrogens with zero attached hydrogens (tertiary/aromatic N) is 3. The molecular weight excluding hydrogens is 478 g/mol. The fraction of sp³-hybridized carbons (Fsp3) is 0.600. The van der Waals surface area contributed by atoms with Crippen molar-refractivity contribution in [3.8, 4) is 0 Å². The molecule has 0 radical (unpaired) electrons. The van der Waals surface area contributed by atoms with Gasteiger partial charge in [-0.05, 0) is 0 Å². The van der Waals surface area contributed by atoms with Crippen LogP contribution in [0.5, 0.6) is 0 Å². The first-order chi connectivity index (χ1) is 12.5. The molecule has 0 aromatic carbocycles. The van der Waals surface area contributed by atoms with Gasteiger partial charge in [0.1, 0.15) is 30.3 Å². The Hall–Kier alpha value is -1.42. The molecule has 1 aromatic rings. The summed E-state index contributed by atoms with van der Waals surface area (Å²) >= 11 is 0. The van der Waals surface area contributed by atoms with Gasteiger partial charge in [0.15, 0.2) is 17.9 Å². The second-order valence-corrected chi connectivity index (χ2v) is 8.41. The zero-order chi connectivity index (χ0) is 20.0. The summed E-state index contributed by atoms with van der Waals surface area (Å²) < 4.78 is 35.3. The van der Waals surface area contributed by atoms with Crippen molar-refractivity contribution < 1.29 is 61.7 Å². The molecule has 1 aromatic heterocycles. The van der Waals surface area contributed by atoms with Crippen LogP contribution in [0.25, 0.3) is 0 Å². The molecule has 0 amide bonds. The maximum Gasteiger partial charge on any atom is 2.00 e. The Labute approximate surface area is 175 Å². The molecule has 2 unspecified atom stereocenters. The van der Waals surface area contributed by atoms with Crippen LogP contribution in [-0.4, -0.2) is 77.9 Å². The summed E-state index contributed by atoms with van der Waals surface area (Å²) in [5, 5.41) is 23.2. The molecule has 2 aliphatic rings. The topological polar surface area (TPSA) is 233 Å². The molecule has 1 saturated heterocycles. The molecule has 0 bridgehead atoms. The summed E-state index contributed by atoms with van der Waals surface area (Å²) in [6.45, 7) is -0.700. The number of fused-ring (bicyclic) bond motifs is 1. The van der Waals surface area contributed by atoms with Gasteiger partial charge in [0.2, 0.25) is 0 Å². The number of aliphatic hydroxyl groups is 2. The van der Waals surface area contributed by atoms with E-state index in [1.165, 1.54) is 11.2 Å². The normalized spacial score (nSPS) is 27.7. The van der Waals surface area contributed by atoms with E-state index in [-0.39, 0.29) is 36.7 Å². The second kappa shape index (κ2) is 11.4. The fourth-order valence-corrected chi connectivity index (χ4v) is 4.24. The summed E-state index contributed by atoms with van der Waals surface area (Å²) in [6, 6.07) is 0. The molecule has 15 nitrogen and oxygen atoms in total. The van der Waals surface area contributed by atoms with Crippen LogP contribution in [0.15, 0.2) is 6.33 Å². The van der Waals surface area contributed by atoms with Gasteiger partial charge in [-0.2, -0.15) is 0 Å². The van der Waals surface area contributed by atoms with Gasteiger partial charge in [-0.1, -0.05) is 0 Å². The van der Waals surface area contributed by atoms with Crippen molar-refractivity contribution in [2.24, 2.45) is 0 Å². The van der Waals surface area contributed by atoms with E-state index in [4.69, 9.17) is 15.4 Å². The predicted octanol–water partition coefficient (Wildman–Crippen LogP) is -12.1. The van der Waals surface area contributed by atoms with Gasteiger partial charge < -0.3 is 59.7 Å². The van der Waals surface area contributed by atoms with Crippen LogP contribution in [0.3, 0.4) is 0 Å². The Morgan fingerprint density at radius 3 is 2.45 bits per heavy atom. The molecule has 2 aliphatic heterocycles. The van der Waals surface area contributed by atoms with E-state index in [1.807, 2.05) is 0 Å². The van der Waals surface area contributed by atoms with Gasteiger partial charge >= 0.3 is 17.9 Å². The number of rotatable bonds is 6. The van der Waals surface area contributed by atoms with Gasteiger partial charge in [0.25, 0.3) is 7.82 Å². The molecule has 0 spiro atoms. The number of nitrogen functional groups attached to an aromatic ring is 1. The standard InChI is InChI=1S/C10H17N5O10P2.Be.3FH/c11-8-5-9(13-2-12-8)15(3-14-5)10-7(17)6(16)4(24-10)1-23-27(21,22)25-26(18,19)20;;;;/h2,4,6-7,10,14,16-17H,1,3H2,(H,21,22)(H2,11,12,13)(H2,18,19,20);;3*1H/q;+2;;;/p-4/t4-,6-,7-,10-;;;;/m1..../s1. The number of nitrogens with two attached hydrogens (primary N) is 1. The third-order valence-electron chi connectivity index (χ3n) is 3.81. The van der Waals surface area contributed by atoms with Crippen molar-refractivity contribution in [1.82, 2.24) is 9.97 Å². The number of nitrogens with one attached hydrogen (secondary N) is 1. The van der Waals surface area contributed by atoms with Crippen molar-refractivity contribution in [2.75, 3.05) is 29.2 Å². The molecular formula is C10H16BeF3N5O10P2-2. The van der Waals surface area contributed by atoms with Crippen LogP contribution in [0.1, 0.15) is 0 Å². The average Bonchev–Trinajstić information content (AvgIpc) is 3.07. The minimum atomic E-state index is -5.53. The Morgan fingerprint density at radius 1 is 1.26 bits per heavy atom. The van der Waals surface area contributed by atoms with Crippen molar-refractivity contribution >= 4 is 43.1 Å². The van der Waals surface area contributed by atoms with E-state index < -0.39 is 46.8 Å². The smallest absolute Gasteiger partial charge is 1.00 e. The van der Waals surface area contributed by atoms with Crippen molar-refractivity contribution in [2.45, 2.75) is 24.5 Å². The molecule has 0 aliphatic carbocycles. The Balaban J connectivity index is 0. The minimum Gasteiger partial charge on any atom is -1.00 e. The van der Waals surface area contributed by atoms with E-state index >= 15 is 0 Å². The van der Waals surface area contributed by atoms with Crippen molar-refractivity contribution in [1.29, 1.82) is 0 Å². The predicted molar refractivity (Wildman–Crippen MR) is 90.5 cm³/mol. The molecule has 6 atom stereocenters. The number of ether oxygens (including phenoxy) is 1. The number of phosphoric acid groups is 2. The number of hydrogen-bond donors (Lipinski definition) is 6. The molecule has 7 N–H and O–H groups in total. The summed E-state index contributed by atoms with van der Waals surface area (Å²) in [5.74, 6) is 0.476. The Morgan fingerprint density at radius 2 is 1.87 bits per heavy atom. The first kappa shape index (κ1) is 31.8. The van der Waals surface area contributed by atoms with E-state index in [0.717, 1.165) is 0 Å². The second-order valence-electron chi connectivity index (χ2n) is 5.62. The van der Waals surface area contributed by atoms with Crippen LogP contribution in [0.4, 0.5) is 17.3 Å². The monoisotopic (exact) mass is 494 g/mol. The van der Waals surface area contributed by atoms with E-state index in [0.29, 0.717) is 11.5 Å². The first-order valence-electron chi connectivity index (χ1n) is 7.33. The number of anilines is 3. The quantitative estimate of drug-likeness (QED) is 0.159. The van der Waals surface area contributed by atoms with Crippen LogP contribution >= 0.6 is 15.6 Å². The van der Waals surface area contributed by atoms with Crippen molar-refractivity contribution in [3.05, 3.63) is 6.33 Å². The van der Waals surface area contributed by atoms with E-state index in [9.17, 15) is 29.1 Å². The van der Waals surface area contributed by atoms with Crippen molar-refractivity contribution in [3.63, 3.8) is 0 Å². The van der Waals surface area contributed by atoms with Gasteiger partial charge in [0.05, 0.1) is 13.3 Å². The van der Waals surface area contributed by atoms with E-state index in [1.54, 1.807) is 0 Å². The molecule has 176 valence electrons. The first-order valence-corrected chi connectivity index (χ1v) is 10.3. The Bertz CT molecular complexity index is 827. The summed E-state index contributed by atoms with van der Waals surface area (Å²) in [5.41, 5.74) is 6.12. The van der Waals surface area contributed by atoms with Gasteiger partial charge in [0, 0.05) is 0 Å².